The first kappa shape index (κ1) is 10.4. The van der Waals surface area contributed by atoms with Gasteiger partial charge in [0.15, 0.2) is 0 Å². The molecule has 0 amide bonds. The quantitative estimate of drug-likeness (QED) is 0.234. The molecule has 0 aromatic carbocycles. The van der Waals surface area contributed by atoms with E-state index in [0.717, 1.165) is 0 Å². The van der Waals surface area contributed by atoms with Crippen LogP contribution in [0.5, 0.6) is 0 Å². The molecule has 32 valence electrons. The summed E-state index contributed by atoms with van der Waals surface area (Å²) in [7, 11) is 0. The van der Waals surface area contributed by atoms with Crippen molar-refractivity contribution >= 4 is 34.8 Å². The Kier molecular flexibility index (Phi) is 6.04. The van der Waals surface area contributed by atoms with Gasteiger partial charge in [0.05, 0.1) is 3.79 Å². The summed E-state index contributed by atoms with van der Waals surface area (Å²) in [6.07, 6.45) is 0. The molecular formula is C2H2Cl3Li. The van der Waals surface area contributed by atoms with E-state index >= 15 is 0 Å². The van der Waals surface area contributed by atoms with Crippen molar-refractivity contribution < 1.29 is 18.9 Å². The van der Waals surface area contributed by atoms with E-state index < -0.39 is 3.79 Å². The van der Waals surface area contributed by atoms with Crippen LogP contribution in [0.15, 0.2) is 0 Å². The maximum atomic E-state index is 4.95. The summed E-state index contributed by atoms with van der Waals surface area (Å²) in [5.74, 6) is 0. The molecule has 0 rings (SSSR count). The maximum absolute atomic E-state index is 4.95. The van der Waals surface area contributed by atoms with Crippen LogP contribution in [0.4, 0.5) is 0 Å². The van der Waals surface area contributed by atoms with Gasteiger partial charge in [-0.15, -0.1) is 34.8 Å². The Morgan fingerprint density at radius 3 is 1.17 bits per heavy atom. The van der Waals surface area contributed by atoms with Crippen molar-refractivity contribution in [1.82, 2.24) is 0 Å². The van der Waals surface area contributed by atoms with E-state index in [1.54, 1.807) is 0 Å². The fraction of sp³-hybridized carbons (Fsp3) is 0.500. The first-order valence-corrected chi connectivity index (χ1v) is 2.05. The summed E-state index contributed by atoms with van der Waals surface area (Å²) in [5.41, 5.74) is 0. The minimum atomic E-state index is -1.33. The Hall–Kier alpha value is 1.47. The van der Waals surface area contributed by atoms with E-state index in [2.05, 4.69) is 6.92 Å². The van der Waals surface area contributed by atoms with Gasteiger partial charge in [-0.3, -0.25) is 6.92 Å². The predicted molar refractivity (Wildman–Crippen MR) is 25.6 cm³/mol. The molecule has 0 aliphatic carbocycles. The Labute approximate surface area is 64.3 Å². The third-order valence-electron chi connectivity index (χ3n) is 0. The average molecular weight is 139 g/mol. The fourth-order valence-electron chi connectivity index (χ4n) is 0. The van der Waals surface area contributed by atoms with E-state index in [9.17, 15) is 0 Å². The van der Waals surface area contributed by atoms with Gasteiger partial charge < -0.3 is 0 Å². The Morgan fingerprint density at radius 1 is 1.17 bits per heavy atom. The molecule has 0 aliphatic heterocycles. The van der Waals surface area contributed by atoms with Gasteiger partial charge in [-0.2, -0.15) is 0 Å². The summed E-state index contributed by atoms with van der Waals surface area (Å²) in [6, 6.07) is 0. The second-order valence-corrected chi connectivity index (χ2v) is 3.13. The average Bonchev–Trinajstić information content (AvgIpc) is 0.722. The summed E-state index contributed by atoms with van der Waals surface area (Å²) >= 11 is 14.8. The van der Waals surface area contributed by atoms with Gasteiger partial charge in [-0.1, -0.05) is 0 Å². The van der Waals surface area contributed by atoms with E-state index in [1.165, 1.54) is 0 Å². The van der Waals surface area contributed by atoms with Gasteiger partial charge >= 0.3 is 18.9 Å². The molecule has 0 saturated carbocycles. The smallest absolute Gasteiger partial charge is 0.293 e. The third-order valence-corrected chi connectivity index (χ3v) is 0. The second-order valence-electron chi connectivity index (χ2n) is 0.615. The molecule has 4 heteroatoms. The number of hydrogen-bond donors (Lipinski definition) is 0. The largest absolute Gasteiger partial charge is 1.00 e. The van der Waals surface area contributed by atoms with Crippen LogP contribution < -0.4 is 18.9 Å². The van der Waals surface area contributed by atoms with Crippen molar-refractivity contribution in [1.29, 1.82) is 0 Å². The van der Waals surface area contributed by atoms with Crippen LogP contribution in [-0.2, 0) is 0 Å². The van der Waals surface area contributed by atoms with E-state index in [0.29, 0.717) is 0 Å². The second kappa shape index (κ2) is 3.47. The number of rotatable bonds is 0. The first-order valence-electron chi connectivity index (χ1n) is 0.921. The zero-order chi connectivity index (χ0) is 4.50. The van der Waals surface area contributed by atoms with Crippen molar-refractivity contribution in [3.8, 4) is 0 Å². The minimum Gasteiger partial charge on any atom is -0.293 e. The van der Waals surface area contributed by atoms with Crippen molar-refractivity contribution in [2.45, 2.75) is 3.79 Å². The molecule has 0 aromatic rings. The zero-order valence-electron chi connectivity index (χ0n) is 3.34. The van der Waals surface area contributed by atoms with E-state index in [4.69, 9.17) is 34.8 Å². The summed E-state index contributed by atoms with van der Waals surface area (Å²) in [4.78, 5) is 0. The van der Waals surface area contributed by atoms with Crippen LogP contribution in [-0.4, -0.2) is 3.79 Å². The molecule has 0 aliphatic rings. The van der Waals surface area contributed by atoms with Crippen LogP contribution in [0.1, 0.15) is 0 Å². The molecule has 0 atom stereocenters. The summed E-state index contributed by atoms with van der Waals surface area (Å²) in [5, 5.41) is 0. The minimum absolute atomic E-state index is 0. The monoisotopic (exact) mass is 138 g/mol. The van der Waals surface area contributed by atoms with Crippen LogP contribution >= 0.6 is 34.8 Å². The molecule has 6 heavy (non-hydrogen) atoms. The van der Waals surface area contributed by atoms with Crippen molar-refractivity contribution in [2.75, 3.05) is 0 Å². The number of alkyl halides is 3. The molecule has 0 N–H and O–H groups in total. The maximum Gasteiger partial charge on any atom is 1.00 e. The molecule has 0 spiro atoms. The molecule has 0 aromatic heterocycles. The predicted octanol–water partition coefficient (Wildman–Crippen LogP) is -0.805. The fourth-order valence-corrected chi connectivity index (χ4v) is 0. The standard InChI is InChI=1S/C2H2Cl3.Li/c1-2(3,4)5;/h1H2;/q-1;+1. The Morgan fingerprint density at radius 2 is 1.17 bits per heavy atom. The Balaban J connectivity index is 0. The van der Waals surface area contributed by atoms with Crippen LogP contribution in [0.3, 0.4) is 0 Å². The van der Waals surface area contributed by atoms with Crippen LogP contribution in [0.2, 0.25) is 0 Å². The topological polar surface area (TPSA) is 0 Å². The SMILES string of the molecule is [CH2-]C(Cl)(Cl)Cl.[Li+]. The molecule has 0 heterocycles. The van der Waals surface area contributed by atoms with Gasteiger partial charge in [0.25, 0.3) is 0 Å². The molecule has 0 saturated heterocycles. The Bertz CT molecular complexity index is 24.3. The summed E-state index contributed by atoms with van der Waals surface area (Å²) < 4.78 is -1.33. The number of hydrogen-bond acceptors (Lipinski definition) is 0. The zero-order valence-corrected chi connectivity index (χ0v) is 5.61. The molecule has 0 unspecified atom stereocenters. The first-order chi connectivity index (χ1) is 2.00. The van der Waals surface area contributed by atoms with Crippen LogP contribution in [0, 0.1) is 6.92 Å². The third kappa shape index (κ3) is 50.7. The summed E-state index contributed by atoms with van der Waals surface area (Å²) in [6.45, 7) is 3.07. The number of halogens is 3. The van der Waals surface area contributed by atoms with Crippen molar-refractivity contribution in [2.24, 2.45) is 0 Å². The van der Waals surface area contributed by atoms with E-state index in [-0.39, 0.29) is 18.9 Å². The van der Waals surface area contributed by atoms with Gasteiger partial charge in [0.2, 0.25) is 0 Å². The van der Waals surface area contributed by atoms with E-state index in [1.807, 2.05) is 0 Å². The van der Waals surface area contributed by atoms with Gasteiger partial charge in [-0.25, -0.2) is 0 Å². The molecular weight excluding hydrogens is 137 g/mol. The van der Waals surface area contributed by atoms with Crippen molar-refractivity contribution in [3.63, 3.8) is 0 Å². The van der Waals surface area contributed by atoms with Crippen LogP contribution in [0.25, 0.3) is 0 Å². The molecule has 0 radical (unpaired) electrons. The van der Waals surface area contributed by atoms with Gasteiger partial charge in [-0.05, 0) is 0 Å². The molecule has 0 fully saturated rings. The normalized spacial score (nSPS) is 10.0. The van der Waals surface area contributed by atoms with Gasteiger partial charge in [0, 0.05) is 0 Å². The van der Waals surface area contributed by atoms with Gasteiger partial charge in [0.1, 0.15) is 0 Å². The van der Waals surface area contributed by atoms with Crippen molar-refractivity contribution in [3.05, 3.63) is 6.92 Å². The molecule has 0 bridgehead atoms. The molecule has 0 nitrogen and oxygen atoms in total.